The lowest BCUT2D eigenvalue weighted by Gasteiger charge is -2.26. The van der Waals surface area contributed by atoms with Crippen LogP contribution >= 0.6 is 0 Å². The molecule has 4 heteroatoms. The number of rotatable bonds is 2. The van der Waals surface area contributed by atoms with Gasteiger partial charge in [0.15, 0.2) is 0 Å². The predicted molar refractivity (Wildman–Crippen MR) is 55.1 cm³/mol. The Balaban J connectivity index is 2.20. The fourth-order valence-electron chi connectivity index (χ4n) is 1.84. The van der Waals surface area contributed by atoms with E-state index in [4.69, 9.17) is 0 Å². The minimum atomic E-state index is -0.162. The highest BCUT2D eigenvalue weighted by Crippen LogP contribution is 2.23. The lowest BCUT2D eigenvalue weighted by Crippen LogP contribution is -2.38. The van der Waals surface area contributed by atoms with Crippen LogP contribution in [0.5, 0.6) is 0 Å². The first kappa shape index (κ1) is 11.3. The predicted octanol–water partition coefficient (Wildman–Crippen LogP) is 0.809. The Bertz CT molecular complexity index is 195. The first-order chi connectivity index (χ1) is 6.59. The standard InChI is InChI=1S/C10H20N2O2/c1-12(2)10(14)11-7-8-4-3-5-9(13)6-8/h8-9,13H,3-7H2,1-2H3,(H,11,14). The molecule has 0 saturated heterocycles. The molecule has 0 spiro atoms. The van der Waals surface area contributed by atoms with E-state index in [0.717, 1.165) is 25.7 Å². The number of aliphatic hydroxyl groups excluding tert-OH is 1. The Morgan fingerprint density at radius 2 is 2.21 bits per heavy atom. The van der Waals surface area contributed by atoms with Crippen LogP contribution in [0.25, 0.3) is 0 Å². The highest BCUT2D eigenvalue weighted by atomic mass is 16.3. The Labute approximate surface area is 85.3 Å². The molecule has 0 aromatic carbocycles. The van der Waals surface area contributed by atoms with Gasteiger partial charge in [0, 0.05) is 20.6 Å². The molecule has 0 aromatic rings. The molecule has 1 aliphatic carbocycles. The number of carbonyl (C=O) groups is 1. The molecule has 1 fully saturated rings. The average Bonchev–Trinajstić information content (AvgIpc) is 2.14. The van der Waals surface area contributed by atoms with Gasteiger partial charge in [-0.2, -0.15) is 0 Å². The van der Waals surface area contributed by atoms with Crippen LogP contribution in [0.2, 0.25) is 0 Å². The van der Waals surface area contributed by atoms with Gasteiger partial charge in [-0.25, -0.2) is 4.79 Å². The molecular weight excluding hydrogens is 180 g/mol. The van der Waals surface area contributed by atoms with Crippen LogP contribution in [0, 0.1) is 5.92 Å². The van der Waals surface area contributed by atoms with Crippen LogP contribution in [0.15, 0.2) is 0 Å². The normalized spacial score (nSPS) is 27.1. The van der Waals surface area contributed by atoms with Crippen molar-refractivity contribution in [2.45, 2.75) is 31.8 Å². The summed E-state index contributed by atoms with van der Waals surface area (Å²) in [6.45, 7) is 0.689. The second kappa shape index (κ2) is 5.20. The summed E-state index contributed by atoms with van der Waals surface area (Å²) in [6, 6.07) is -0.0509. The van der Waals surface area contributed by atoms with Crippen molar-refractivity contribution >= 4 is 6.03 Å². The topological polar surface area (TPSA) is 52.6 Å². The van der Waals surface area contributed by atoms with Crippen molar-refractivity contribution in [1.29, 1.82) is 0 Å². The summed E-state index contributed by atoms with van der Waals surface area (Å²) >= 11 is 0. The first-order valence-corrected chi connectivity index (χ1v) is 5.23. The summed E-state index contributed by atoms with van der Waals surface area (Å²) in [7, 11) is 3.45. The maximum absolute atomic E-state index is 11.2. The third kappa shape index (κ3) is 3.54. The average molecular weight is 200 g/mol. The molecule has 82 valence electrons. The number of nitrogens with zero attached hydrogens (tertiary/aromatic N) is 1. The van der Waals surface area contributed by atoms with Gasteiger partial charge >= 0.3 is 6.03 Å². The van der Waals surface area contributed by atoms with Gasteiger partial charge in [0.1, 0.15) is 0 Å². The van der Waals surface area contributed by atoms with Crippen LogP contribution in [0.1, 0.15) is 25.7 Å². The number of aliphatic hydroxyl groups is 1. The van der Waals surface area contributed by atoms with Crippen LogP contribution in [0.4, 0.5) is 4.79 Å². The van der Waals surface area contributed by atoms with E-state index in [-0.39, 0.29) is 12.1 Å². The molecule has 1 saturated carbocycles. The van der Waals surface area contributed by atoms with Crippen molar-refractivity contribution < 1.29 is 9.90 Å². The van der Waals surface area contributed by atoms with E-state index >= 15 is 0 Å². The number of hydrogen-bond acceptors (Lipinski definition) is 2. The zero-order chi connectivity index (χ0) is 10.6. The molecule has 0 heterocycles. The fourth-order valence-corrected chi connectivity index (χ4v) is 1.84. The number of nitrogens with one attached hydrogen (secondary N) is 1. The van der Waals surface area contributed by atoms with Gasteiger partial charge in [0.25, 0.3) is 0 Å². The van der Waals surface area contributed by atoms with Crippen LogP contribution < -0.4 is 5.32 Å². The van der Waals surface area contributed by atoms with E-state index in [0.29, 0.717) is 12.5 Å². The Morgan fingerprint density at radius 3 is 2.79 bits per heavy atom. The van der Waals surface area contributed by atoms with E-state index in [2.05, 4.69) is 5.32 Å². The number of urea groups is 1. The van der Waals surface area contributed by atoms with E-state index in [9.17, 15) is 9.90 Å². The number of amides is 2. The number of carbonyl (C=O) groups excluding carboxylic acids is 1. The van der Waals surface area contributed by atoms with E-state index in [1.165, 1.54) is 4.90 Å². The van der Waals surface area contributed by atoms with E-state index < -0.39 is 0 Å². The lowest BCUT2D eigenvalue weighted by atomic mass is 9.87. The maximum Gasteiger partial charge on any atom is 0.316 e. The highest BCUT2D eigenvalue weighted by molar-refractivity contribution is 5.73. The molecule has 0 bridgehead atoms. The summed E-state index contributed by atoms with van der Waals surface area (Å²) in [5, 5.41) is 12.3. The summed E-state index contributed by atoms with van der Waals surface area (Å²) in [5.41, 5.74) is 0. The van der Waals surface area contributed by atoms with Gasteiger partial charge in [-0.15, -0.1) is 0 Å². The van der Waals surface area contributed by atoms with Crippen molar-refractivity contribution in [2.75, 3.05) is 20.6 Å². The maximum atomic E-state index is 11.2. The minimum Gasteiger partial charge on any atom is -0.393 e. The molecule has 0 radical (unpaired) electrons. The summed E-state index contributed by atoms with van der Waals surface area (Å²) in [5.74, 6) is 0.447. The van der Waals surface area contributed by atoms with Gasteiger partial charge in [-0.1, -0.05) is 6.42 Å². The molecular formula is C10H20N2O2. The van der Waals surface area contributed by atoms with Crippen LogP contribution in [-0.2, 0) is 0 Å². The van der Waals surface area contributed by atoms with E-state index in [1.807, 2.05) is 0 Å². The molecule has 2 atom stereocenters. The molecule has 0 aliphatic heterocycles. The lowest BCUT2D eigenvalue weighted by molar-refractivity contribution is 0.101. The largest absolute Gasteiger partial charge is 0.393 e. The second-order valence-corrected chi connectivity index (χ2v) is 4.27. The quantitative estimate of drug-likeness (QED) is 0.693. The SMILES string of the molecule is CN(C)C(=O)NCC1CCCC(O)C1. The molecule has 14 heavy (non-hydrogen) atoms. The zero-order valence-corrected chi connectivity index (χ0v) is 8.99. The Morgan fingerprint density at radius 1 is 1.50 bits per heavy atom. The summed E-state index contributed by atoms with van der Waals surface area (Å²) in [6.07, 6.45) is 3.77. The summed E-state index contributed by atoms with van der Waals surface area (Å²) in [4.78, 5) is 12.7. The molecule has 1 aliphatic rings. The van der Waals surface area contributed by atoms with Gasteiger partial charge in [0.2, 0.25) is 0 Å². The van der Waals surface area contributed by atoms with Crippen molar-refractivity contribution in [3.8, 4) is 0 Å². The molecule has 4 nitrogen and oxygen atoms in total. The minimum absolute atomic E-state index is 0.0509. The highest BCUT2D eigenvalue weighted by Gasteiger charge is 2.20. The van der Waals surface area contributed by atoms with Gasteiger partial charge < -0.3 is 15.3 Å². The van der Waals surface area contributed by atoms with Crippen molar-refractivity contribution in [3.05, 3.63) is 0 Å². The van der Waals surface area contributed by atoms with Crippen molar-refractivity contribution in [1.82, 2.24) is 10.2 Å². The second-order valence-electron chi connectivity index (χ2n) is 4.27. The van der Waals surface area contributed by atoms with Gasteiger partial charge in [-0.05, 0) is 25.2 Å². The van der Waals surface area contributed by atoms with Crippen LogP contribution in [0.3, 0.4) is 0 Å². The van der Waals surface area contributed by atoms with Crippen LogP contribution in [-0.4, -0.2) is 42.8 Å². The number of hydrogen-bond donors (Lipinski definition) is 2. The Hall–Kier alpha value is -0.770. The Kier molecular flexibility index (Phi) is 4.20. The fraction of sp³-hybridized carbons (Fsp3) is 0.900. The van der Waals surface area contributed by atoms with E-state index in [1.54, 1.807) is 14.1 Å². The molecule has 1 rings (SSSR count). The van der Waals surface area contributed by atoms with Gasteiger partial charge in [-0.3, -0.25) is 0 Å². The molecule has 2 unspecified atom stereocenters. The van der Waals surface area contributed by atoms with Crippen molar-refractivity contribution in [3.63, 3.8) is 0 Å². The monoisotopic (exact) mass is 200 g/mol. The van der Waals surface area contributed by atoms with Crippen molar-refractivity contribution in [2.24, 2.45) is 5.92 Å². The third-order valence-electron chi connectivity index (χ3n) is 2.70. The smallest absolute Gasteiger partial charge is 0.316 e. The third-order valence-corrected chi connectivity index (χ3v) is 2.70. The summed E-state index contributed by atoms with van der Waals surface area (Å²) < 4.78 is 0. The zero-order valence-electron chi connectivity index (χ0n) is 8.99. The first-order valence-electron chi connectivity index (χ1n) is 5.23. The van der Waals surface area contributed by atoms with Gasteiger partial charge in [0.05, 0.1) is 6.10 Å². The molecule has 2 N–H and O–H groups in total. The molecule has 0 aromatic heterocycles. The molecule has 2 amide bonds.